The second-order valence-electron chi connectivity index (χ2n) is 3.88. The van der Waals surface area contributed by atoms with Crippen molar-refractivity contribution in [3.8, 4) is 0 Å². The Bertz CT molecular complexity index is 369. The molecule has 0 saturated heterocycles. The van der Waals surface area contributed by atoms with Crippen LogP contribution in [-0.4, -0.2) is 22.3 Å². The van der Waals surface area contributed by atoms with Gasteiger partial charge in [0.1, 0.15) is 0 Å². The summed E-state index contributed by atoms with van der Waals surface area (Å²) in [4.78, 5) is 16.3. The molecule has 88 valence electrons. The first-order valence-electron chi connectivity index (χ1n) is 5.17. The van der Waals surface area contributed by atoms with E-state index in [1.54, 1.807) is 17.0 Å². The van der Waals surface area contributed by atoms with Gasteiger partial charge in [0.25, 0.3) is 5.91 Å². The molecule has 0 unspecified atom stereocenters. The number of carbonyl (C=O) groups excluding carboxylic acids is 1. The van der Waals surface area contributed by atoms with E-state index in [0.29, 0.717) is 12.5 Å². The Hall–Kier alpha value is -1.62. The summed E-state index contributed by atoms with van der Waals surface area (Å²) in [5.41, 5.74) is 3.20. The van der Waals surface area contributed by atoms with Crippen molar-refractivity contribution in [1.82, 2.24) is 15.3 Å². The van der Waals surface area contributed by atoms with Crippen LogP contribution in [0.5, 0.6) is 0 Å². The first kappa shape index (κ1) is 12.4. The molecule has 0 aliphatic carbocycles. The third kappa shape index (κ3) is 4.27. The van der Waals surface area contributed by atoms with E-state index < -0.39 is 0 Å². The zero-order valence-corrected chi connectivity index (χ0v) is 9.80. The molecule has 0 spiro atoms. The molecule has 0 aliphatic rings. The van der Waals surface area contributed by atoms with Crippen molar-refractivity contribution >= 4 is 12.0 Å². The molecule has 1 aromatic heterocycles. The van der Waals surface area contributed by atoms with Gasteiger partial charge in [-0.05, 0) is 18.1 Å². The molecule has 1 N–H and O–H groups in total. The number of aromatic nitrogens is 2. The number of rotatable bonds is 5. The van der Waals surface area contributed by atoms with Gasteiger partial charge in [0.15, 0.2) is 0 Å². The van der Waals surface area contributed by atoms with Crippen LogP contribution in [0.2, 0.25) is 0 Å². The minimum absolute atomic E-state index is 0.276. The van der Waals surface area contributed by atoms with Gasteiger partial charge in [0.2, 0.25) is 0 Å². The van der Waals surface area contributed by atoms with Gasteiger partial charge < -0.3 is 0 Å². The quantitative estimate of drug-likeness (QED) is 0.601. The smallest absolute Gasteiger partial charge is 0.267 e. The zero-order valence-electron chi connectivity index (χ0n) is 9.80. The molecule has 0 aliphatic heterocycles. The number of carbonyl (C=O) groups is 1. The second kappa shape index (κ2) is 6.07. The van der Waals surface area contributed by atoms with Crippen molar-refractivity contribution in [2.24, 2.45) is 13.0 Å². The Balaban J connectivity index is 2.34. The third-order valence-electron chi connectivity index (χ3n) is 1.85. The van der Waals surface area contributed by atoms with Crippen LogP contribution in [0.15, 0.2) is 18.3 Å². The normalized spacial score (nSPS) is 11.2. The van der Waals surface area contributed by atoms with Crippen molar-refractivity contribution in [2.45, 2.75) is 13.8 Å². The first-order valence-corrected chi connectivity index (χ1v) is 5.17. The fourth-order valence-corrected chi connectivity index (χ4v) is 1.02. The molecular formula is C11H17N3O2. The van der Waals surface area contributed by atoms with Gasteiger partial charge in [-0.1, -0.05) is 13.8 Å². The third-order valence-corrected chi connectivity index (χ3v) is 1.85. The monoisotopic (exact) mass is 223 g/mol. The van der Waals surface area contributed by atoms with Crippen LogP contribution >= 0.6 is 0 Å². The van der Waals surface area contributed by atoms with Crippen LogP contribution < -0.4 is 5.48 Å². The predicted octanol–water partition coefficient (Wildman–Crippen LogP) is 1.14. The van der Waals surface area contributed by atoms with E-state index in [2.05, 4.69) is 10.6 Å². The lowest BCUT2D eigenvalue weighted by Gasteiger charge is -2.05. The summed E-state index contributed by atoms with van der Waals surface area (Å²) in [5, 5.41) is 3.98. The van der Waals surface area contributed by atoms with E-state index in [9.17, 15) is 4.79 Å². The number of hydrogen-bond acceptors (Lipinski definition) is 3. The largest absolute Gasteiger partial charge is 0.273 e. The Morgan fingerprint density at radius 1 is 1.69 bits per heavy atom. The van der Waals surface area contributed by atoms with Gasteiger partial charge >= 0.3 is 0 Å². The van der Waals surface area contributed by atoms with Gasteiger partial charge in [-0.25, -0.2) is 5.48 Å². The standard InChI is InChI=1S/C11H17N3O2/c1-9(2)8-16-13-11(15)5-4-10-6-7-12-14(10)3/h4-7,9H,8H2,1-3H3,(H,13,15)/b5-4+. The van der Waals surface area contributed by atoms with E-state index in [1.165, 1.54) is 6.08 Å². The number of nitrogens with one attached hydrogen (secondary N) is 1. The molecule has 1 rings (SSSR count). The summed E-state index contributed by atoms with van der Waals surface area (Å²) in [6, 6.07) is 1.82. The van der Waals surface area contributed by atoms with Gasteiger partial charge in [0, 0.05) is 19.3 Å². The molecule has 1 amide bonds. The maximum Gasteiger partial charge on any atom is 0.267 e. The van der Waals surface area contributed by atoms with E-state index in [-0.39, 0.29) is 5.91 Å². The Labute approximate surface area is 95.0 Å². The number of hydrogen-bond donors (Lipinski definition) is 1. The molecule has 0 aromatic carbocycles. The van der Waals surface area contributed by atoms with E-state index in [0.717, 1.165) is 5.69 Å². The summed E-state index contributed by atoms with van der Waals surface area (Å²) in [5.74, 6) is 0.114. The molecule has 0 atom stereocenters. The number of nitrogens with zero attached hydrogens (tertiary/aromatic N) is 2. The SMILES string of the molecule is CC(C)CONC(=O)/C=C/c1ccnn1C. The van der Waals surface area contributed by atoms with Crippen LogP contribution in [0, 0.1) is 5.92 Å². The molecular weight excluding hydrogens is 206 g/mol. The van der Waals surface area contributed by atoms with E-state index in [4.69, 9.17) is 4.84 Å². The fourth-order valence-electron chi connectivity index (χ4n) is 1.02. The van der Waals surface area contributed by atoms with Crippen molar-refractivity contribution in [3.05, 3.63) is 24.0 Å². The lowest BCUT2D eigenvalue weighted by Crippen LogP contribution is -2.23. The van der Waals surface area contributed by atoms with Crippen molar-refractivity contribution in [1.29, 1.82) is 0 Å². The van der Waals surface area contributed by atoms with Crippen LogP contribution in [-0.2, 0) is 16.7 Å². The molecule has 1 heterocycles. The summed E-state index contributed by atoms with van der Waals surface area (Å²) in [6.45, 7) is 4.53. The maximum absolute atomic E-state index is 11.3. The summed E-state index contributed by atoms with van der Waals surface area (Å²) in [6.07, 6.45) is 4.77. The fraction of sp³-hybridized carbons (Fsp3) is 0.455. The van der Waals surface area contributed by atoms with Crippen molar-refractivity contribution in [3.63, 3.8) is 0 Å². The summed E-state index contributed by atoms with van der Waals surface area (Å²) in [7, 11) is 1.81. The summed E-state index contributed by atoms with van der Waals surface area (Å²) >= 11 is 0. The molecule has 1 aromatic rings. The minimum Gasteiger partial charge on any atom is -0.273 e. The highest BCUT2D eigenvalue weighted by atomic mass is 16.6. The van der Waals surface area contributed by atoms with E-state index >= 15 is 0 Å². The highest BCUT2D eigenvalue weighted by Crippen LogP contribution is 1.98. The predicted molar refractivity (Wildman–Crippen MR) is 61.2 cm³/mol. The van der Waals surface area contributed by atoms with Crippen LogP contribution in [0.1, 0.15) is 19.5 Å². The highest BCUT2D eigenvalue weighted by Gasteiger charge is 1.98. The molecule has 0 fully saturated rings. The van der Waals surface area contributed by atoms with Crippen LogP contribution in [0.4, 0.5) is 0 Å². The number of hydroxylamine groups is 1. The van der Waals surface area contributed by atoms with Gasteiger partial charge in [-0.15, -0.1) is 0 Å². The van der Waals surface area contributed by atoms with E-state index in [1.807, 2.05) is 27.0 Å². The minimum atomic E-state index is -0.276. The molecule has 0 saturated carbocycles. The van der Waals surface area contributed by atoms with Crippen molar-refractivity contribution < 1.29 is 9.63 Å². The molecule has 16 heavy (non-hydrogen) atoms. The average molecular weight is 223 g/mol. The second-order valence-corrected chi connectivity index (χ2v) is 3.88. The summed E-state index contributed by atoms with van der Waals surface area (Å²) < 4.78 is 1.68. The average Bonchev–Trinajstić information content (AvgIpc) is 2.60. The van der Waals surface area contributed by atoms with Crippen LogP contribution in [0.3, 0.4) is 0 Å². The molecule has 5 heteroatoms. The first-order chi connectivity index (χ1) is 7.59. The van der Waals surface area contributed by atoms with Crippen LogP contribution in [0.25, 0.3) is 6.08 Å². The van der Waals surface area contributed by atoms with Crippen molar-refractivity contribution in [2.75, 3.05) is 6.61 Å². The Kier molecular flexibility index (Phi) is 4.72. The topological polar surface area (TPSA) is 56.1 Å². The maximum atomic E-state index is 11.3. The molecule has 5 nitrogen and oxygen atoms in total. The highest BCUT2D eigenvalue weighted by molar-refractivity contribution is 5.90. The number of amides is 1. The Morgan fingerprint density at radius 3 is 3.00 bits per heavy atom. The molecule has 0 radical (unpaired) electrons. The number of aryl methyl sites for hydroxylation is 1. The van der Waals surface area contributed by atoms with Gasteiger partial charge in [-0.2, -0.15) is 5.10 Å². The van der Waals surface area contributed by atoms with Gasteiger partial charge in [-0.3, -0.25) is 14.3 Å². The van der Waals surface area contributed by atoms with Gasteiger partial charge in [0.05, 0.1) is 12.3 Å². The lowest BCUT2D eigenvalue weighted by atomic mass is 10.2. The lowest BCUT2D eigenvalue weighted by molar-refractivity contribution is -0.129. The Morgan fingerprint density at radius 2 is 2.44 bits per heavy atom. The zero-order chi connectivity index (χ0) is 12.0. The molecule has 0 bridgehead atoms.